The molecule has 1 aromatic carbocycles. The van der Waals surface area contributed by atoms with E-state index in [1.807, 2.05) is 0 Å². The molecular formula is C15H11Cl2F4O2-. The number of allylic oxidation sites excluding steroid dienone is 1. The summed E-state index contributed by atoms with van der Waals surface area (Å²) in [6, 6.07) is 0.0604. The smallest absolute Gasteiger partial charge is 0.165 e. The minimum Gasteiger partial charge on any atom is -0.549 e. The fourth-order valence-electron chi connectivity index (χ4n) is 3.23. The minimum absolute atomic E-state index is 0.0604. The first-order chi connectivity index (χ1) is 10.5. The van der Waals surface area contributed by atoms with Gasteiger partial charge in [-0.3, -0.25) is 0 Å². The number of hydrogen-bond donors (Lipinski definition) is 0. The number of carbonyl (C=O) groups is 1. The number of carboxylic acids is 1. The molecule has 1 saturated carbocycles. The standard InChI is InChI=1S/C15H12Cl2F4O2/c1-14(2)9(4-10(16)17)15(14,13(22)23)5-6-11(20)7(18)3-8(19)12(6)21/h3-4,9H,5H2,1-2H3,(H,22,23)/p-1/t9-,15-/m0/s1. The highest BCUT2D eigenvalue weighted by molar-refractivity contribution is 6.55. The van der Waals surface area contributed by atoms with Crippen molar-refractivity contribution >= 4 is 29.2 Å². The fraction of sp³-hybridized carbons (Fsp3) is 0.400. The number of halogens is 6. The van der Waals surface area contributed by atoms with E-state index in [9.17, 15) is 27.5 Å². The van der Waals surface area contributed by atoms with Crippen molar-refractivity contribution in [3.63, 3.8) is 0 Å². The van der Waals surface area contributed by atoms with Crippen LogP contribution in [0.5, 0.6) is 0 Å². The van der Waals surface area contributed by atoms with E-state index in [1.54, 1.807) is 0 Å². The Balaban J connectivity index is 2.57. The van der Waals surface area contributed by atoms with Crippen LogP contribution in [0.2, 0.25) is 0 Å². The Hall–Kier alpha value is -1.27. The third-order valence-electron chi connectivity index (χ3n) is 4.69. The Morgan fingerprint density at radius 3 is 2.09 bits per heavy atom. The van der Waals surface area contributed by atoms with Gasteiger partial charge in [-0.1, -0.05) is 37.0 Å². The fourth-order valence-corrected chi connectivity index (χ4v) is 3.48. The van der Waals surface area contributed by atoms with Crippen LogP contribution in [0, 0.1) is 40.0 Å². The highest BCUT2D eigenvalue weighted by atomic mass is 35.5. The first-order valence-electron chi connectivity index (χ1n) is 6.53. The van der Waals surface area contributed by atoms with E-state index in [2.05, 4.69) is 0 Å². The third-order valence-corrected chi connectivity index (χ3v) is 4.94. The molecule has 1 aromatic rings. The van der Waals surface area contributed by atoms with Gasteiger partial charge in [-0.15, -0.1) is 0 Å². The van der Waals surface area contributed by atoms with Crippen LogP contribution in [0.4, 0.5) is 17.6 Å². The topological polar surface area (TPSA) is 40.1 Å². The maximum absolute atomic E-state index is 13.8. The molecule has 23 heavy (non-hydrogen) atoms. The molecule has 0 aliphatic heterocycles. The number of carbonyl (C=O) groups excluding carboxylic acids is 1. The van der Waals surface area contributed by atoms with Gasteiger partial charge in [0.25, 0.3) is 0 Å². The van der Waals surface area contributed by atoms with Crippen LogP contribution in [0.1, 0.15) is 19.4 Å². The molecule has 2 nitrogen and oxygen atoms in total. The Kier molecular flexibility index (Phi) is 4.45. The normalized spacial score (nSPS) is 25.1. The van der Waals surface area contributed by atoms with Crippen molar-refractivity contribution in [2.75, 3.05) is 0 Å². The molecule has 0 amide bonds. The number of carboxylic acid groups (broad SMARTS) is 1. The van der Waals surface area contributed by atoms with Crippen LogP contribution in [-0.4, -0.2) is 5.97 Å². The Morgan fingerprint density at radius 1 is 1.22 bits per heavy atom. The van der Waals surface area contributed by atoms with Gasteiger partial charge >= 0.3 is 0 Å². The largest absolute Gasteiger partial charge is 0.549 e. The maximum atomic E-state index is 13.8. The second-order valence-corrected chi connectivity index (χ2v) is 7.05. The molecular weight excluding hydrogens is 359 g/mol. The quantitative estimate of drug-likeness (QED) is 0.601. The zero-order valence-corrected chi connectivity index (χ0v) is 13.5. The Labute approximate surface area is 139 Å². The molecule has 0 N–H and O–H groups in total. The molecule has 0 radical (unpaired) electrons. The summed E-state index contributed by atoms with van der Waals surface area (Å²) in [6.07, 6.45) is 0.418. The molecule has 2 rings (SSSR count). The van der Waals surface area contributed by atoms with Gasteiger partial charge in [-0.2, -0.15) is 0 Å². The van der Waals surface area contributed by atoms with Gasteiger partial charge in [0, 0.05) is 23.0 Å². The molecule has 1 aliphatic rings. The predicted octanol–water partition coefficient (Wildman–Crippen LogP) is 3.50. The van der Waals surface area contributed by atoms with Gasteiger partial charge in [0.1, 0.15) is 4.49 Å². The molecule has 0 aromatic heterocycles. The van der Waals surface area contributed by atoms with E-state index < -0.39 is 58.0 Å². The molecule has 2 atom stereocenters. The number of hydrogen-bond acceptors (Lipinski definition) is 2. The van der Waals surface area contributed by atoms with Gasteiger partial charge in [0.05, 0.1) is 0 Å². The van der Waals surface area contributed by atoms with Crippen LogP contribution >= 0.6 is 23.2 Å². The third kappa shape index (κ3) is 2.62. The van der Waals surface area contributed by atoms with Gasteiger partial charge in [0.2, 0.25) is 0 Å². The zero-order valence-electron chi connectivity index (χ0n) is 12.0. The second kappa shape index (κ2) is 5.67. The predicted molar refractivity (Wildman–Crippen MR) is 74.5 cm³/mol. The van der Waals surface area contributed by atoms with Crippen molar-refractivity contribution in [1.82, 2.24) is 0 Å². The van der Waals surface area contributed by atoms with Crippen LogP contribution in [0.25, 0.3) is 0 Å². The number of aliphatic carboxylic acids is 1. The summed E-state index contributed by atoms with van der Waals surface area (Å²) < 4.78 is 54.1. The van der Waals surface area contributed by atoms with Crippen molar-refractivity contribution in [3.05, 3.63) is 45.5 Å². The van der Waals surface area contributed by atoms with Crippen molar-refractivity contribution in [1.29, 1.82) is 0 Å². The molecule has 0 unspecified atom stereocenters. The summed E-state index contributed by atoms with van der Waals surface area (Å²) in [4.78, 5) is 11.6. The highest BCUT2D eigenvalue weighted by Gasteiger charge is 2.71. The van der Waals surface area contributed by atoms with E-state index in [1.165, 1.54) is 19.9 Å². The Bertz CT molecular complexity index is 688. The number of rotatable bonds is 4. The summed E-state index contributed by atoms with van der Waals surface area (Å²) in [6.45, 7) is 3.01. The highest BCUT2D eigenvalue weighted by Crippen LogP contribution is 2.71. The zero-order chi connectivity index (χ0) is 17.7. The van der Waals surface area contributed by atoms with Gasteiger partial charge in [-0.25, -0.2) is 17.6 Å². The van der Waals surface area contributed by atoms with E-state index in [0.717, 1.165) is 0 Å². The molecule has 0 spiro atoms. The minimum atomic E-state index is -1.79. The average Bonchev–Trinajstić information content (AvgIpc) is 2.88. The summed E-state index contributed by atoms with van der Waals surface area (Å²) in [5.74, 6) is -8.89. The summed E-state index contributed by atoms with van der Waals surface area (Å²) >= 11 is 11.1. The number of benzene rings is 1. The lowest BCUT2D eigenvalue weighted by atomic mass is 9.88. The van der Waals surface area contributed by atoms with Crippen molar-refractivity contribution in [3.8, 4) is 0 Å². The van der Waals surface area contributed by atoms with E-state index in [0.29, 0.717) is 0 Å². The molecule has 126 valence electrons. The lowest BCUT2D eigenvalue weighted by molar-refractivity contribution is -0.315. The van der Waals surface area contributed by atoms with Crippen molar-refractivity contribution in [2.24, 2.45) is 16.7 Å². The monoisotopic (exact) mass is 369 g/mol. The van der Waals surface area contributed by atoms with E-state index >= 15 is 0 Å². The van der Waals surface area contributed by atoms with Gasteiger partial charge in [-0.05, 0) is 23.8 Å². The molecule has 8 heteroatoms. The average molecular weight is 370 g/mol. The summed E-state index contributed by atoms with van der Waals surface area (Å²) in [5, 5.41) is 11.6. The molecule has 0 bridgehead atoms. The maximum Gasteiger partial charge on any atom is 0.165 e. The summed E-state index contributed by atoms with van der Waals surface area (Å²) in [5.41, 5.74) is -3.80. The molecule has 0 heterocycles. The van der Waals surface area contributed by atoms with Crippen LogP contribution in [0.15, 0.2) is 16.6 Å². The van der Waals surface area contributed by atoms with Crippen molar-refractivity contribution in [2.45, 2.75) is 20.3 Å². The molecule has 0 saturated heterocycles. The van der Waals surface area contributed by atoms with Crippen molar-refractivity contribution < 1.29 is 27.5 Å². The SMILES string of the molecule is CC1(C)[C@H](C=C(Cl)Cl)[C@@]1(Cc1c(F)c(F)cc(F)c1F)C(=O)[O-]. The lowest BCUT2D eigenvalue weighted by Crippen LogP contribution is -2.38. The molecule has 1 fully saturated rings. The Morgan fingerprint density at radius 2 is 1.70 bits per heavy atom. The van der Waals surface area contributed by atoms with Gasteiger partial charge < -0.3 is 9.90 Å². The second-order valence-electron chi connectivity index (χ2n) is 6.04. The van der Waals surface area contributed by atoms with E-state index in [-0.39, 0.29) is 10.6 Å². The molecule has 1 aliphatic carbocycles. The summed E-state index contributed by atoms with van der Waals surface area (Å²) in [7, 11) is 0. The first-order valence-corrected chi connectivity index (χ1v) is 7.28. The lowest BCUT2D eigenvalue weighted by Gasteiger charge is -2.22. The van der Waals surface area contributed by atoms with Crippen LogP contribution in [-0.2, 0) is 11.2 Å². The van der Waals surface area contributed by atoms with Crippen LogP contribution in [0.3, 0.4) is 0 Å². The van der Waals surface area contributed by atoms with Crippen LogP contribution < -0.4 is 5.11 Å². The van der Waals surface area contributed by atoms with E-state index in [4.69, 9.17) is 23.2 Å². The first kappa shape index (κ1) is 18.1. The van der Waals surface area contributed by atoms with Gasteiger partial charge in [0.15, 0.2) is 23.3 Å².